The van der Waals surface area contributed by atoms with Gasteiger partial charge in [0.25, 0.3) is 5.56 Å². The van der Waals surface area contributed by atoms with Gasteiger partial charge in [0.1, 0.15) is 11.6 Å². The van der Waals surface area contributed by atoms with Crippen molar-refractivity contribution in [3.8, 4) is 0 Å². The number of aryl methyl sites for hydroxylation is 1. The summed E-state index contributed by atoms with van der Waals surface area (Å²) >= 11 is 0. The molecule has 0 bridgehead atoms. The number of aromatic nitrogens is 2. The van der Waals surface area contributed by atoms with Crippen molar-refractivity contribution in [2.45, 2.75) is 19.4 Å². The lowest BCUT2D eigenvalue weighted by Crippen LogP contribution is -2.24. The second kappa shape index (κ2) is 3.79. The lowest BCUT2D eigenvalue weighted by molar-refractivity contribution is 0.784. The van der Waals surface area contributed by atoms with Gasteiger partial charge in [-0.3, -0.25) is 4.79 Å². The number of rotatable bonds is 2. The van der Waals surface area contributed by atoms with Crippen molar-refractivity contribution in [1.29, 1.82) is 0 Å². The van der Waals surface area contributed by atoms with Crippen molar-refractivity contribution in [2.75, 3.05) is 18.4 Å². The quantitative estimate of drug-likeness (QED) is 0.612. The zero-order valence-electron chi connectivity index (χ0n) is 8.13. The lowest BCUT2D eigenvalue weighted by atomic mass is 10.2. The largest absolute Gasteiger partial charge is 0.366 e. The standard InChI is InChI=1S/C9H14N4O/c1-6-11-8(4-9(14)12-6)13-7-2-3-10-5-7/h4,7,10H,2-3,5H2,1H3,(H2,11,12,13,14). The summed E-state index contributed by atoms with van der Waals surface area (Å²) in [7, 11) is 0. The number of aromatic amines is 1. The average molecular weight is 194 g/mol. The van der Waals surface area contributed by atoms with E-state index < -0.39 is 0 Å². The third-order valence-electron chi connectivity index (χ3n) is 2.27. The molecule has 0 amide bonds. The van der Waals surface area contributed by atoms with Gasteiger partial charge in [0.15, 0.2) is 0 Å². The van der Waals surface area contributed by atoms with E-state index in [0.717, 1.165) is 19.5 Å². The fraction of sp³-hybridized carbons (Fsp3) is 0.556. The van der Waals surface area contributed by atoms with Gasteiger partial charge in [0, 0.05) is 18.7 Å². The van der Waals surface area contributed by atoms with Crippen LogP contribution in [0.5, 0.6) is 0 Å². The maximum Gasteiger partial charge on any atom is 0.252 e. The summed E-state index contributed by atoms with van der Waals surface area (Å²) < 4.78 is 0. The van der Waals surface area contributed by atoms with E-state index in [2.05, 4.69) is 20.6 Å². The van der Waals surface area contributed by atoms with E-state index in [-0.39, 0.29) is 5.56 Å². The van der Waals surface area contributed by atoms with Crippen LogP contribution < -0.4 is 16.2 Å². The average Bonchev–Trinajstić information content (AvgIpc) is 2.54. The molecule has 1 aliphatic heterocycles. The molecule has 2 heterocycles. The minimum absolute atomic E-state index is 0.106. The van der Waals surface area contributed by atoms with Crippen molar-refractivity contribution in [1.82, 2.24) is 15.3 Å². The Kier molecular flexibility index (Phi) is 2.49. The molecular weight excluding hydrogens is 180 g/mol. The number of anilines is 1. The van der Waals surface area contributed by atoms with Crippen LogP contribution in [0.2, 0.25) is 0 Å². The molecule has 5 heteroatoms. The molecule has 0 radical (unpaired) electrons. The molecule has 0 aliphatic carbocycles. The van der Waals surface area contributed by atoms with Gasteiger partial charge in [-0.1, -0.05) is 0 Å². The number of nitrogens with zero attached hydrogens (tertiary/aromatic N) is 1. The molecule has 2 rings (SSSR count). The fourth-order valence-electron chi connectivity index (χ4n) is 1.64. The van der Waals surface area contributed by atoms with Crippen LogP contribution in [-0.2, 0) is 0 Å². The Bertz CT molecular complexity index is 367. The highest BCUT2D eigenvalue weighted by atomic mass is 16.1. The van der Waals surface area contributed by atoms with E-state index in [1.54, 1.807) is 6.92 Å². The van der Waals surface area contributed by atoms with Gasteiger partial charge in [-0.2, -0.15) is 0 Å². The van der Waals surface area contributed by atoms with Gasteiger partial charge in [-0.05, 0) is 19.9 Å². The highest BCUT2D eigenvalue weighted by Gasteiger charge is 2.14. The van der Waals surface area contributed by atoms with Gasteiger partial charge < -0.3 is 15.6 Å². The summed E-state index contributed by atoms with van der Waals surface area (Å²) in [5, 5.41) is 6.47. The van der Waals surface area contributed by atoms with Crippen LogP contribution in [0, 0.1) is 6.92 Å². The summed E-state index contributed by atoms with van der Waals surface area (Å²) in [5.74, 6) is 1.31. The molecule has 0 saturated carbocycles. The van der Waals surface area contributed by atoms with Crippen LogP contribution >= 0.6 is 0 Å². The first kappa shape index (κ1) is 9.21. The Morgan fingerprint density at radius 2 is 2.50 bits per heavy atom. The molecule has 1 aromatic rings. The predicted octanol–water partition coefficient (Wildman–Crippen LogP) is -0.148. The molecule has 0 spiro atoms. The summed E-state index contributed by atoms with van der Waals surface area (Å²) in [6, 6.07) is 1.88. The first-order valence-corrected chi connectivity index (χ1v) is 4.79. The highest BCUT2D eigenvalue weighted by Crippen LogP contribution is 2.06. The second-order valence-electron chi connectivity index (χ2n) is 3.55. The second-order valence-corrected chi connectivity index (χ2v) is 3.55. The van der Waals surface area contributed by atoms with Gasteiger partial charge in [-0.15, -0.1) is 0 Å². The van der Waals surface area contributed by atoms with Gasteiger partial charge in [0.2, 0.25) is 0 Å². The maximum absolute atomic E-state index is 11.1. The molecule has 76 valence electrons. The molecular formula is C9H14N4O. The van der Waals surface area contributed by atoms with Crippen LogP contribution in [0.4, 0.5) is 5.82 Å². The third kappa shape index (κ3) is 2.11. The first-order valence-electron chi connectivity index (χ1n) is 4.79. The molecule has 0 aromatic carbocycles. The zero-order valence-corrected chi connectivity index (χ0v) is 8.13. The molecule has 1 aliphatic rings. The van der Waals surface area contributed by atoms with E-state index in [1.807, 2.05) is 0 Å². The Hall–Kier alpha value is -1.36. The van der Waals surface area contributed by atoms with E-state index in [9.17, 15) is 4.79 Å². The van der Waals surface area contributed by atoms with Gasteiger partial charge in [-0.25, -0.2) is 4.98 Å². The Labute approximate surface area is 82.0 Å². The molecule has 5 nitrogen and oxygen atoms in total. The summed E-state index contributed by atoms with van der Waals surface area (Å²) in [5.41, 5.74) is -0.106. The normalized spacial score (nSPS) is 21.1. The molecule has 1 atom stereocenters. The SMILES string of the molecule is Cc1nc(NC2CCNC2)cc(=O)[nH]1. The monoisotopic (exact) mass is 194 g/mol. The van der Waals surface area contributed by atoms with Crippen molar-refractivity contribution >= 4 is 5.82 Å². The summed E-state index contributed by atoms with van der Waals surface area (Å²) in [6.07, 6.45) is 1.08. The van der Waals surface area contributed by atoms with Crippen LogP contribution in [0.25, 0.3) is 0 Å². The summed E-state index contributed by atoms with van der Waals surface area (Å²) in [6.45, 7) is 3.74. The van der Waals surface area contributed by atoms with E-state index in [1.165, 1.54) is 6.07 Å². The van der Waals surface area contributed by atoms with Crippen LogP contribution in [0.15, 0.2) is 10.9 Å². The minimum atomic E-state index is -0.106. The lowest BCUT2D eigenvalue weighted by Gasteiger charge is -2.11. The topological polar surface area (TPSA) is 69.8 Å². The van der Waals surface area contributed by atoms with Gasteiger partial charge in [0.05, 0.1) is 0 Å². The zero-order chi connectivity index (χ0) is 9.97. The molecule has 1 aromatic heterocycles. The number of hydrogen-bond donors (Lipinski definition) is 3. The van der Waals surface area contributed by atoms with Crippen molar-refractivity contribution in [2.24, 2.45) is 0 Å². The maximum atomic E-state index is 11.1. The van der Waals surface area contributed by atoms with Crippen LogP contribution in [0.3, 0.4) is 0 Å². The van der Waals surface area contributed by atoms with E-state index >= 15 is 0 Å². The Balaban J connectivity index is 2.11. The Morgan fingerprint density at radius 1 is 1.64 bits per heavy atom. The third-order valence-corrected chi connectivity index (χ3v) is 2.27. The van der Waals surface area contributed by atoms with E-state index in [4.69, 9.17) is 0 Å². The molecule has 14 heavy (non-hydrogen) atoms. The van der Waals surface area contributed by atoms with Crippen LogP contribution in [0.1, 0.15) is 12.2 Å². The number of hydrogen-bond acceptors (Lipinski definition) is 4. The van der Waals surface area contributed by atoms with Crippen molar-refractivity contribution in [3.05, 3.63) is 22.2 Å². The molecule has 1 fully saturated rings. The highest BCUT2D eigenvalue weighted by molar-refractivity contribution is 5.34. The number of H-pyrrole nitrogens is 1. The Morgan fingerprint density at radius 3 is 3.14 bits per heavy atom. The van der Waals surface area contributed by atoms with E-state index in [0.29, 0.717) is 17.7 Å². The first-order chi connectivity index (χ1) is 6.74. The molecule has 1 saturated heterocycles. The smallest absolute Gasteiger partial charge is 0.252 e. The predicted molar refractivity (Wildman–Crippen MR) is 54.5 cm³/mol. The fourth-order valence-corrected chi connectivity index (χ4v) is 1.64. The van der Waals surface area contributed by atoms with Crippen LogP contribution in [-0.4, -0.2) is 29.1 Å². The molecule has 1 unspecified atom stereocenters. The van der Waals surface area contributed by atoms with Crippen molar-refractivity contribution in [3.63, 3.8) is 0 Å². The minimum Gasteiger partial charge on any atom is -0.366 e. The van der Waals surface area contributed by atoms with Gasteiger partial charge >= 0.3 is 0 Å². The molecule has 3 N–H and O–H groups in total. The summed E-state index contributed by atoms with van der Waals surface area (Å²) in [4.78, 5) is 17.9. The van der Waals surface area contributed by atoms with Crippen molar-refractivity contribution < 1.29 is 0 Å². The number of nitrogens with one attached hydrogen (secondary N) is 3.